The van der Waals surface area contributed by atoms with Crippen molar-refractivity contribution in [3.05, 3.63) is 29.8 Å². The minimum absolute atomic E-state index is 0.280. The molecule has 0 unspecified atom stereocenters. The second-order valence-corrected chi connectivity index (χ2v) is 4.79. The first kappa shape index (κ1) is 18.6. The third-order valence-corrected chi connectivity index (χ3v) is 3.15. The molecule has 4 N–H and O–H groups in total. The third-order valence-electron chi connectivity index (χ3n) is 3.15. The van der Waals surface area contributed by atoms with E-state index < -0.39 is 42.9 Å². The summed E-state index contributed by atoms with van der Waals surface area (Å²) in [6, 6.07) is 3.87. The number of amides is 2. The maximum atomic E-state index is 12.0. The van der Waals surface area contributed by atoms with E-state index in [0.717, 1.165) is 0 Å². The van der Waals surface area contributed by atoms with Crippen LogP contribution in [0.3, 0.4) is 0 Å². The van der Waals surface area contributed by atoms with Gasteiger partial charge in [-0.3, -0.25) is 14.4 Å². The molecule has 0 saturated heterocycles. The van der Waals surface area contributed by atoms with Gasteiger partial charge in [-0.1, -0.05) is 0 Å². The van der Waals surface area contributed by atoms with Crippen molar-refractivity contribution in [2.24, 2.45) is 0 Å². The molecule has 0 spiro atoms. The Kier molecular flexibility index (Phi) is 7.17. The van der Waals surface area contributed by atoms with Crippen LogP contribution in [0, 0.1) is 0 Å². The summed E-state index contributed by atoms with van der Waals surface area (Å²) in [6.07, 6.45) is 0. The first-order chi connectivity index (χ1) is 10.9. The Morgan fingerprint density at radius 3 is 2.04 bits per heavy atom. The highest BCUT2D eigenvalue weighted by Crippen LogP contribution is 2.11. The number of carbonyl (C=O) groups excluding carboxylic acids is 3. The lowest BCUT2D eigenvalue weighted by atomic mass is 10.1. The fraction of sp³-hybridized carbons (Fsp3) is 0.400. The number of rotatable bonds is 8. The SMILES string of the molecule is COc1ccc(C(=O)N[C@@H](CO)C(=O)N[C@@H](CO)C(C)=O)cc1. The van der Waals surface area contributed by atoms with Crippen molar-refractivity contribution in [1.29, 1.82) is 0 Å². The van der Waals surface area contributed by atoms with E-state index in [-0.39, 0.29) is 5.56 Å². The molecule has 0 aliphatic heterocycles. The standard InChI is InChI=1S/C15H20N2O6/c1-9(20)12(7-18)16-15(22)13(8-19)17-14(21)10-3-5-11(23-2)6-4-10/h3-6,12-13,18-19H,7-8H2,1-2H3,(H,16,22)(H,17,21)/t12-,13-/m0/s1. The Morgan fingerprint density at radius 2 is 1.61 bits per heavy atom. The molecule has 0 heterocycles. The van der Waals surface area contributed by atoms with E-state index in [2.05, 4.69) is 10.6 Å². The largest absolute Gasteiger partial charge is 0.497 e. The van der Waals surface area contributed by atoms with Gasteiger partial charge in [0.2, 0.25) is 5.91 Å². The van der Waals surface area contributed by atoms with Crippen molar-refractivity contribution in [3.63, 3.8) is 0 Å². The van der Waals surface area contributed by atoms with Gasteiger partial charge in [0.1, 0.15) is 17.8 Å². The summed E-state index contributed by atoms with van der Waals surface area (Å²) in [5.74, 6) is -1.18. The molecule has 8 heteroatoms. The quantitative estimate of drug-likeness (QED) is 0.479. The van der Waals surface area contributed by atoms with E-state index in [1.807, 2.05) is 0 Å². The number of carbonyl (C=O) groups is 3. The van der Waals surface area contributed by atoms with Crippen molar-refractivity contribution in [2.75, 3.05) is 20.3 Å². The number of aliphatic hydroxyl groups is 2. The number of nitrogens with one attached hydrogen (secondary N) is 2. The van der Waals surface area contributed by atoms with Crippen LogP contribution in [-0.4, -0.2) is 60.2 Å². The predicted octanol–water partition coefficient (Wildman–Crippen LogP) is -1.15. The van der Waals surface area contributed by atoms with E-state index in [1.54, 1.807) is 12.1 Å². The smallest absolute Gasteiger partial charge is 0.252 e. The number of Topliss-reactive ketones (excluding diaryl/α,β-unsaturated/α-hetero) is 1. The van der Waals surface area contributed by atoms with Crippen molar-refractivity contribution in [2.45, 2.75) is 19.0 Å². The summed E-state index contributed by atoms with van der Waals surface area (Å²) < 4.78 is 4.98. The molecule has 0 radical (unpaired) electrons. The average Bonchev–Trinajstić information content (AvgIpc) is 2.56. The Hall–Kier alpha value is -2.45. The molecule has 8 nitrogen and oxygen atoms in total. The number of methoxy groups -OCH3 is 1. The van der Waals surface area contributed by atoms with E-state index in [0.29, 0.717) is 5.75 Å². The monoisotopic (exact) mass is 324 g/mol. The zero-order valence-corrected chi connectivity index (χ0v) is 12.9. The van der Waals surface area contributed by atoms with E-state index in [9.17, 15) is 19.5 Å². The highest BCUT2D eigenvalue weighted by atomic mass is 16.5. The second kappa shape index (κ2) is 8.86. The Labute approximate surface area is 133 Å². The zero-order valence-electron chi connectivity index (χ0n) is 12.9. The van der Waals surface area contributed by atoms with Gasteiger partial charge in [0, 0.05) is 5.56 Å². The molecule has 2 amide bonds. The van der Waals surface area contributed by atoms with Gasteiger partial charge in [-0.05, 0) is 31.2 Å². The number of aliphatic hydroxyl groups excluding tert-OH is 2. The molecular formula is C15H20N2O6. The summed E-state index contributed by atoms with van der Waals surface area (Å²) in [4.78, 5) is 35.2. The maximum absolute atomic E-state index is 12.0. The topological polar surface area (TPSA) is 125 Å². The Balaban J connectivity index is 2.72. The molecule has 1 aromatic carbocycles. The van der Waals surface area contributed by atoms with Gasteiger partial charge in [0.25, 0.3) is 5.91 Å². The highest BCUT2D eigenvalue weighted by Gasteiger charge is 2.24. The van der Waals surface area contributed by atoms with Crippen LogP contribution >= 0.6 is 0 Å². The van der Waals surface area contributed by atoms with Crippen molar-refractivity contribution in [1.82, 2.24) is 10.6 Å². The van der Waals surface area contributed by atoms with Crippen LogP contribution in [0.5, 0.6) is 5.75 Å². The Morgan fingerprint density at radius 1 is 1.04 bits per heavy atom. The summed E-state index contributed by atoms with van der Waals surface area (Å²) in [7, 11) is 1.49. The predicted molar refractivity (Wildman–Crippen MR) is 81.0 cm³/mol. The summed E-state index contributed by atoms with van der Waals surface area (Å²) in [5, 5.41) is 22.9. The Bertz CT molecular complexity index is 558. The fourth-order valence-corrected chi connectivity index (χ4v) is 1.73. The van der Waals surface area contributed by atoms with Gasteiger partial charge in [0.15, 0.2) is 5.78 Å². The number of hydrogen-bond donors (Lipinski definition) is 4. The molecule has 1 rings (SSSR count). The molecule has 126 valence electrons. The highest BCUT2D eigenvalue weighted by molar-refractivity contribution is 5.98. The van der Waals surface area contributed by atoms with Gasteiger partial charge in [0.05, 0.1) is 20.3 Å². The third kappa shape index (κ3) is 5.35. The van der Waals surface area contributed by atoms with E-state index >= 15 is 0 Å². The lowest BCUT2D eigenvalue weighted by Crippen LogP contribution is -2.53. The van der Waals surface area contributed by atoms with Gasteiger partial charge < -0.3 is 25.6 Å². The minimum atomic E-state index is -1.24. The van der Waals surface area contributed by atoms with E-state index in [1.165, 1.54) is 26.2 Å². The van der Waals surface area contributed by atoms with Crippen molar-refractivity contribution in [3.8, 4) is 5.75 Å². The number of hydrogen-bond acceptors (Lipinski definition) is 6. The van der Waals surface area contributed by atoms with Crippen LogP contribution < -0.4 is 15.4 Å². The van der Waals surface area contributed by atoms with Crippen LogP contribution in [0.4, 0.5) is 0 Å². The summed E-state index contributed by atoms with van der Waals surface area (Å²) in [6.45, 7) is 0.000482. The van der Waals surface area contributed by atoms with Crippen LogP contribution in [0.15, 0.2) is 24.3 Å². The van der Waals surface area contributed by atoms with Gasteiger partial charge in [-0.15, -0.1) is 0 Å². The van der Waals surface area contributed by atoms with Gasteiger partial charge in [-0.25, -0.2) is 0 Å². The molecular weight excluding hydrogens is 304 g/mol. The minimum Gasteiger partial charge on any atom is -0.497 e. The van der Waals surface area contributed by atoms with Gasteiger partial charge >= 0.3 is 0 Å². The molecule has 0 aromatic heterocycles. The van der Waals surface area contributed by atoms with Gasteiger partial charge in [-0.2, -0.15) is 0 Å². The van der Waals surface area contributed by atoms with E-state index in [4.69, 9.17) is 9.84 Å². The fourth-order valence-electron chi connectivity index (χ4n) is 1.73. The lowest BCUT2D eigenvalue weighted by molar-refractivity contribution is -0.129. The molecule has 2 atom stereocenters. The molecule has 0 aliphatic rings. The zero-order chi connectivity index (χ0) is 17.4. The number of ether oxygens (including phenoxy) is 1. The van der Waals surface area contributed by atoms with Crippen LogP contribution in [-0.2, 0) is 9.59 Å². The molecule has 0 aliphatic carbocycles. The van der Waals surface area contributed by atoms with Crippen molar-refractivity contribution >= 4 is 17.6 Å². The van der Waals surface area contributed by atoms with Crippen molar-refractivity contribution < 1.29 is 29.3 Å². The molecule has 23 heavy (non-hydrogen) atoms. The summed E-state index contributed by atoms with van der Waals surface area (Å²) >= 11 is 0. The first-order valence-corrected chi connectivity index (χ1v) is 6.90. The molecule has 0 bridgehead atoms. The normalized spacial score (nSPS) is 12.9. The molecule has 0 fully saturated rings. The lowest BCUT2D eigenvalue weighted by Gasteiger charge is -2.19. The van der Waals surface area contributed by atoms with Crippen LogP contribution in [0.1, 0.15) is 17.3 Å². The number of ketones is 1. The second-order valence-electron chi connectivity index (χ2n) is 4.79. The van der Waals surface area contributed by atoms with Crippen LogP contribution in [0.25, 0.3) is 0 Å². The number of benzene rings is 1. The first-order valence-electron chi connectivity index (χ1n) is 6.90. The maximum Gasteiger partial charge on any atom is 0.252 e. The summed E-state index contributed by atoms with van der Waals surface area (Å²) in [5.41, 5.74) is 0.280. The molecule has 0 saturated carbocycles. The molecule has 1 aromatic rings. The van der Waals surface area contributed by atoms with Crippen LogP contribution in [0.2, 0.25) is 0 Å². The average molecular weight is 324 g/mol.